The molecule has 0 radical (unpaired) electrons. The molecule has 116 valence electrons. The maximum absolute atomic E-state index is 12.0. The molecule has 1 aromatic rings. The largest absolute Gasteiger partial charge is 0.480 e. The van der Waals surface area contributed by atoms with E-state index < -0.39 is 17.5 Å². The van der Waals surface area contributed by atoms with E-state index in [1.54, 1.807) is 10.9 Å². The van der Waals surface area contributed by atoms with Crippen molar-refractivity contribution >= 4 is 12.0 Å². The zero-order valence-corrected chi connectivity index (χ0v) is 12.5. The van der Waals surface area contributed by atoms with Crippen LogP contribution in [0.3, 0.4) is 0 Å². The van der Waals surface area contributed by atoms with Gasteiger partial charge < -0.3 is 15.7 Å². The van der Waals surface area contributed by atoms with E-state index in [1.807, 2.05) is 14.0 Å². The number of hydrogen-bond acceptors (Lipinski definition) is 3. The number of urea groups is 1. The molecule has 0 bridgehead atoms. The van der Waals surface area contributed by atoms with E-state index in [0.717, 1.165) is 30.5 Å². The molecule has 0 saturated heterocycles. The summed E-state index contributed by atoms with van der Waals surface area (Å²) < 4.78 is 1.73. The Morgan fingerprint density at radius 3 is 2.57 bits per heavy atom. The van der Waals surface area contributed by atoms with Crippen molar-refractivity contribution in [1.82, 2.24) is 20.4 Å². The molecule has 0 atom stereocenters. The minimum atomic E-state index is -1.12. The molecule has 3 N–H and O–H groups in total. The highest BCUT2D eigenvalue weighted by molar-refractivity contribution is 5.86. The third kappa shape index (κ3) is 3.34. The number of rotatable bonds is 4. The van der Waals surface area contributed by atoms with Gasteiger partial charge in [0.05, 0.1) is 6.20 Å². The van der Waals surface area contributed by atoms with Crippen molar-refractivity contribution in [1.29, 1.82) is 0 Å². The third-order valence-electron chi connectivity index (χ3n) is 4.25. The normalized spacial score (nSPS) is 17.2. The second kappa shape index (κ2) is 6.15. The van der Waals surface area contributed by atoms with Crippen molar-refractivity contribution in [3.8, 4) is 0 Å². The molecular weight excluding hydrogens is 272 g/mol. The Labute approximate surface area is 123 Å². The number of hydrogen-bond donors (Lipinski definition) is 3. The summed E-state index contributed by atoms with van der Waals surface area (Å²) in [4.78, 5) is 23.5. The van der Waals surface area contributed by atoms with E-state index in [2.05, 4.69) is 15.7 Å². The lowest BCUT2D eigenvalue weighted by atomic mass is 9.82. The second-order valence-electron chi connectivity index (χ2n) is 5.63. The van der Waals surface area contributed by atoms with Crippen molar-refractivity contribution in [2.24, 2.45) is 7.05 Å². The van der Waals surface area contributed by atoms with Crippen molar-refractivity contribution in [2.45, 2.75) is 51.1 Å². The van der Waals surface area contributed by atoms with Crippen LogP contribution < -0.4 is 10.6 Å². The van der Waals surface area contributed by atoms with Gasteiger partial charge in [-0.15, -0.1) is 0 Å². The molecule has 0 aromatic carbocycles. The van der Waals surface area contributed by atoms with Gasteiger partial charge in [-0.3, -0.25) is 4.68 Å². The molecule has 1 aliphatic carbocycles. The highest BCUT2D eigenvalue weighted by Gasteiger charge is 2.40. The molecule has 7 heteroatoms. The highest BCUT2D eigenvalue weighted by Crippen LogP contribution is 2.28. The predicted molar refractivity (Wildman–Crippen MR) is 76.8 cm³/mol. The summed E-state index contributed by atoms with van der Waals surface area (Å²) in [5.41, 5.74) is 0.772. The number of carbonyl (C=O) groups is 2. The van der Waals surface area contributed by atoms with E-state index in [4.69, 9.17) is 0 Å². The summed E-state index contributed by atoms with van der Waals surface area (Å²) in [5, 5.41) is 18.9. The Morgan fingerprint density at radius 1 is 1.38 bits per heavy atom. The molecule has 1 heterocycles. The van der Waals surface area contributed by atoms with Gasteiger partial charge in [-0.05, 0) is 19.8 Å². The smallest absolute Gasteiger partial charge is 0.329 e. The monoisotopic (exact) mass is 294 g/mol. The fourth-order valence-electron chi connectivity index (χ4n) is 2.70. The molecule has 2 rings (SSSR count). The highest BCUT2D eigenvalue weighted by atomic mass is 16.4. The van der Waals surface area contributed by atoms with Crippen LogP contribution in [-0.4, -0.2) is 32.4 Å². The Bertz CT molecular complexity index is 532. The number of aromatic nitrogens is 2. The quantitative estimate of drug-likeness (QED) is 0.780. The molecule has 1 aromatic heterocycles. The lowest BCUT2D eigenvalue weighted by Gasteiger charge is -2.33. The van der Waals surface area contributed by atoms with Crippen LogP contribution in [0, 0.1) is 6.92 Å². The molecule has 7 nitrogen and oxygen atoms in total. The predicted octanol–water partition coefficient (Wildman–Crippen LogP) is 1.32. The van der Waals surface area contributed by atoms with Gasteiger partial charge in [0.1, 0.15) is 5.54 Å². The van der Waals surface area contributed by atoms with Crippen LogP contribution in [0.4, 0.5) is 4.79 Å². The van der Waals surface area contributed by atoms with Gasteiger partial charge in [0.15, 0.2) is 0 Å². The van der Waals surface area contributed by atoms with Crippen molar-refractivity contribution in [2.75, 3.05) is 0 Å². The summed E-state index contributed by atoms with van der Waals surface area (Å²) in [5.74, 6) is -0.949. The maximum Gasteiger partial charge on any atom is 0.329 e. The Kier molecular flexibility index (Phi) is 4.50. The van der Waals surface area contributed by atoms with Crippen LogP contribution in [0.25, 0.3) is 0 Å². The van der Waals surface area contributed by atoms with E-state index in [1.165, 1.54) is 0 Å². The molecule has 2 amide bonds. The number of nitrogens with one attached hydrogen (secondary N) is 2. The zero-order valence-electron chi connectivity index (χ0n) is 12.5. The molecule has 1 fully saturated rings. The average Bonchev–Trinajstić information content (AvgIpc) is 2.77. The maximum atomic E-state index is 12.0. The van der Waals surface area contributed by atoms with Crippen molar-refractivity contribution in [3.05, 3.63) is 17.5 Å². The minimum Gasteiger partial charge on any atom is -0.480 e. The van der Waals surface area contributed by atoms with Gasteiger partial charge >= 0.3 is 12.0 Å². The fraction of sp³-hybridized carbons (Fsp3) is 0.643. The van der Waals surface area contributed by atoms with Crippen molar-refractivity contribution in [3.63, 3.8) is 0 Å². The van der Waals surface area contributed by atoms with E-state index >= 15 is 0 Å². The third-order valence-corrected chi connectivity index (χ3v) is 4.25. The summed E-state index contributed by atoms with van der Waals surface area (Å²) in [7, 11) is 1.83. The topological polar surface area (TPSA) is 96.2 Å². The lowest BCUT2D eigenvalue weighted by molar-refractivity contribution is -0.145. The van der Waals surface area contributed by atoms with Crippen LogP contribution in [-0.2, 0) is 18.4 Å². The van der Waals surface area contributed by atoms with Crippen LogP contribution in [0.5, 0.6) is 0 Å². The molecule has 1 saturated carbocycles. The SMILES string of the molecule is Cc1c(CNC(=O)NC2(C(=O)O)CCCCC2)cnn1C. The molecule has 0 aliphatic heterocycles. The number of aliphatic carboxylic acids is 1. The standard InChI is InChI=1S/C14H22N4O3/c1-10-11(9-16-18(10)2)8-15-13(21)17-14(12(19)20)6-4-3-5-7-14/h9H,3-8H2,1-2H3,(H,19,20)(H2,15,17,21). The summed E-state index contributed by atoms with van der Waals surface area (Å²) in [6.45, 7) is 2.25. The Hall–Kier alpha value is -2.05. The van der Waals surface area contributed by atoms with E-state index in [-0.39, 0.29) is 0 Å². The number of carbonyl (C=O) groups excluding carboxylic acids is 1. The number of amides is 2. The van der Waals surface area contributed by atoms with Gasteiger partial charge in [0.25, 0.3) is 0 Å². The molecule has 0 spiro atoms. The van der Waals surface area contributed by atoms with Crippen LogP contribution >= 0.6 is 0 Å². The second-order valence-corrected chi connectivity index (χ2v) is 5.63. The van der Waals surface area contributed by atoms with Crippen LogP contribution in [0.2, 0.25) is 0 Å². The number of aryl methyl sites for hydroxylation is 1. The first-order chi connectivity index (χ1) is 9.94. The van der Waals surface area contributed by atoms with Crippen molar-refractivity contribution < 1.29 is 14.7 Å². The molecular formula is C14H22N4O3. The number of carboxylic acids is 1. The minimum absolute atomic E-state index is 0.335. The molecule has 1 aliphatic rings. The number of nitrogens with zero attached hydrogens (tertiary/aromatic N) is 2. The lowest BCUT2D eigenvalue weighted by Crippen LogP contribution is -2.57. The van der Waals surface area contributed by atoms with Gasteiger partial charge in [-0.1, -0.05) is 19.3 Å². The van der Waals surface area contributed by atoms with E-state index in [9.17, 15) is 14.7 Å². The van der Waals surface area contributed by atoms with Gasteiger partial charge in [-0.2, -0.15) is 5.10 Å². The van der Waals surface area contributed by atoms with E-state index in [0.29, 0.717) is 19.4 Å². The number of carboxylic acid groups (broad SMARTS) is 1. The Morgan fingerprint density at radius 2 is 2.05 bits per heavy atom. The molecule has 0 unspecified atom stereocenters. The molecule has 21 heavy (non-hydrogen) atoms. The van der Waals surface area contributed by atoms with Gasteiger partial charge in [0, 0.05) is 24.8 Å². The van der Waals surface area contributed by atoms with Crippen LogP contribution in [0.15, 0.2) is 6.20 Å². The fourth-order valence-corrected chi connectivity index (χ4v) is 2.70. The zero-order chi connectivity index (χ0) is 15.5. The first kappa shape index (κ1) is 15.3. The van der Waals surface area contributed by atoms with Gasteiger partial charge in [-0.25, -0.2) is 9.59 Å². The summed E-state index contributed by atoms with van der Waals surface area (Å²) in [6, 6.07) is -0.442. The first-order valence-corrected chi connectivity index (χ1v) is 7.21. The first-order valence-electron chi connectivity index (χ1n) is 7.21. The summed E-state index contributed by atoms with van der Waals surface area (Å²) in [6.07, 6.45) is 5.35. The average molecular weight is 294 g/mol. The summed E-state index contributed by atoms with van der Waals surface area (Å²) >= 11 is 0. The van der Waals surface area contributed by atoms with Crippen LogP contribution in [0.1, 0.15) is 43.4 Å². The Balaban J connectivity index is 1.94. The van der Waals surface area contributed by atoms with Gasteiger partial charge in [0.2, 0.25) is 0 Å².